The maximum Gasteiger partial charge on any atom is 0.148 e. The Hall–Kier alpha value is -2.14. The molecule has 0 bridgehead atoms. The Morgan fingerprint density at radius 1 is 1.10 bits per heavy atom. The second-order valence-electron chi connectivity index (χ2n) is 4.99. The molecular formula is C16H23N5. The number of para-hydroxylation sites is 1. The average Bonchev–Trinajstić information content (AvgIpc) is 2.51. The van der Waals surface area contributed by atoms with Crippen molar-refractivity contribution in [3.8, 4) is 0 Å². The zero-order valence-corrected chi connectivity index (χ0v) is 12.9. The fraction of sp³-hybridized carbons (Fsp3) is 0.375. The highest BCUT2D eigenvalue weighted by molar-refractivity contribution is 5.66. The van der Waals surface area contributed by atoms with Crippen LogP contribution in [0.5, 0.6) is 0 Å². The maximum absolute atomic E-state index is 5.55. The molecule has 0 atom stereocenters. The van der Waals surface area contributed by atoms with Gasteiger partial charge in [-0.3, -0.25) is 0 Å². The molecule has 0 aliphatic heterocycles. The molecule has 21 heavy (non-hydrogen) atoms. The van der Waals surface area contributed by atoms with Gasteiger partial charge in [-0.2, -0.15) is 0 Å². The van der Waals surface area contributed by atoms with Crippen LogP contribution < -0.4 is 16.6 Å². The topological polar surface area (TPSA) is 75.9 Å². The summed E-state index contributed by atoms with van der Waals surface area (Å²) in [6.45, 7) is 6.16. The molecule has 2 aromatic rings. The molecule has 0 unspecified atom stereocenters. The fourth-order valence-corrected chi connectivity index (χ4v) is 2.24. The first-order chi connectivity index (χ1) is 10.2. The summed E-state index contributed by atoms with van der Waals surface area (Å²) in [6.07, 6.45) is 2.91. The van der Waals surface area contributed by atoms with Crippen LogP contribution in [0, 0.1) is 6.92 Å². The quantitative estimate of drug-likeness (QED) is 0.560. The summed E-state index contributed by atoms with van der Waals surface area (Å²) in [5.41, 5.74) is 5.94. The number of nitrogens with two attached hydrogens (primary N) is 1. The number of hydrazine groups is 1. The van der Waals surface area contributed by atoms with Crippen LogP contribution in [0.25, 0.3) is 0 Å². The van der Waals surface area contributed by atoms with E-state index in [-0.39, 0.29) is 0 Å². The van der Waals surface area contributed by atoms with Crippen molar-refractivity contribution in [1.29, 1.82) is 0 Å². The Bertz CT molecular complexity index is 610. The van der Waals surface area contributed by atoms with Crippen LogP contribution >= 0.6 is 0 Å². The molecule has 1 aromatic heterocycles. The van der Waals surface area contributed by atoms with E-state index in [0.717, 1.165) is 42.2 Å². The molecule has 4 N–H and O–H groups in total. The van der Waals surface area contributed by atoms with Crippen LogP contribution in [0.3, 0.4) is 0 Å². The summed E-state index contributed by atoms with van der Waals surface area (Å²) in [4.78, 5) is 8.96. The smallest absolute Gasteiger partial charge is 0.148 e. The molecule has 1 heterocycles. The maximum atomic E-state index is 5.55. The molecule has 0 radical (unpaired) electrons. The Balaban J connectivity index is 2.39. The van der Waals surface area contributed by atoms with E-state index < -0.39 is 0 Å². The minimum absolute atomic E-state index is 0.664. The van der Waals surface area contributed by atoms with E-state index in [4.69, 9.17) is 5.84 Å². The van der Waals surface area contributed by atoms with E-state index in [1.165, 1.54) is 5.56 Å². The zero-order valence-electron chi connectivity index (χ0n) is 12.9. The summed E-state index contributed by atoms with van der Waals surface area (Å²) in [6, 6.07) is 8.31. The monoisotopic (exact) mass is 285 g/mol. The second kappa shape index (κ2) is 7.04. The first-order valence-electron chi connectivity index (χ1n) is 7.38. The van der Waals surface area contributed by atoms with Crippen LogP contribution in [0.2, 0.25) is 0 Å². The summed E-state index contributed by atoms with van der Waals surface area (Å²) < 4.78 is 0. The molecule has 112 valence electrons. The van der Waals surface area contributed by atoms with Gasteiger partial charge in [0.2, 0.25) is 0 Å². The number of aromatic nitrogens is 2. The number of benzene rings is 1. The Morgan fingerprint density at radius 2 is 1.81 bits per heavy atom. The molecule has 0 spiro atoms. The summed E-state index contributed by atoms with van der Waals surface area (Å²) >= 11 is 0. The third kappa shape index (κ3) is 3.49. The third-order valence-electron chi connectivity index (χ3n) is 3.43. The van der Waals surface area contributed by atoms with Gasteiger partial charge in [0.25, 0.3) is 0 Å². The SMILES string of the molecule is CCCc1ccccc1Nc1nc(CC)nc(NN)c1C. The lowest BCUT2D eigenvalue weighted by atomic mass is 10.1. The van der Waals surface area contributed by atoms with Gasteiger partial charge in [-0.1, -0.05) is 38.5 Å². The standard InChI is InChI=1S/C16H23N5/c1-4-8-12-9-6-7-10-13(12)18-15-11(3)16(21-17)20-14(5-2)19-15/h6-7,9-10H,4-5,8,17H2,1-3H3,(H2,18,19,20,21). The number of nitrogens with zero attached hydrogens (tertiary/aromatic N) is 2. The van der Waals surface area contributed by atoms with Gasteiger partial charge in [-0.15, -0.1) is 0 Å². The van der Waals surface area contributed by atoms with Gasteiger partial charge in [0, 0.05) is 17.7 Å². The lowest BCUT2D eigenvalue weighted by molar-refractivity contribution is 0.918. The lowest BCUT2D eigenvalue weighted by Gasteiger charge is -2.15. The highest BCUT2D eigenvalue weighted by atomic mass is 15.3. The molecule has 0 aliphatic rings. The molecule has 0 saturated heterocycles. The fourth-order valence-electron chi connectivity index (χ4n) is 2.24. The van der Waals surface area contributed by atoms with Crippen LogP contribution in [0.15, 0.2) is 24.3 Å². The highest BCUT2D eigenvalue weighted by Crippen LogP contribution is 2.26. The summed E-state index contributed by atoms with van der Waals surface area (Å²) in [5, 5.41) is 3.43. The van der Waals surface area contributed by atoms with Gasteiger partial charge in [0.05, 0.1) is 0 Å². The van der Waals surface area contributed by atoms with Crippen molar-refractivity contribution in [2.45, 2.75) is 40.0 Å². The zero-order chi connectivity index (χ0) is 15.2. The second-order valence-corrected chi connectivity index (χ2v) is 4.99. The molecule has 5 heteroatoms. The number of hydrogen-bond acceptors (Lipinski definition) is 5. The number of nitrogen functional groups attached to an aromatic ring is 1. The summed E-state index contributed by atoms with van der Waals surface area (Å²) in [7, 11) is 0. The van der Waals surface area contributed by atoms with Crippen LogP contribution in [0.1, 0.15) is 37.2 Å². The molecule has 5 nitrogen and oxygen atoms in total. The molecule has 0 fully saturated rings. The average molecular weight is 285 g/mol. The Kier molecular flexibility index (Phi) is 5.11. The van der Waals surface area contributed by atoms with E-state index >= 15 is 0 Å². The van der Waals surface area contributed by atoms with E-state index in [2.05, 4.69) is 45.8 Å². The molecule has 0 aliphatic carbocycles. The number of nitrogens with one attached hydrogen (secondary N) is 2. The van der Waals surface area contributed by atoms with Gasteiger partial charge in [0.1, 0.15) is 17.5 Å². The van der Waals surface area contributed by atoms with Gasteiger partial charge >= 0.3 is 0 Å². The first-order valence-corrected chi connectivity index (χ1v) is 7.38. The summed E-state index contributed by atoms with van der Waals surface area (Å²) in [5.74, 6) is 7.78. The largest absolute Gasteiger partial charge is 0.340 e. The van der Waals surface area contributed by atoms with Gasteiger partial charge in [0.15, 0.2) is 0 Å². The van der Waals surface area contributed by atoms with Crippen LogP contribution in [-0.2, 0) is 12.8 Å². The van der Waals surface area contributed by atoms with Crippen LogP contribution in [0.4, 0.5) is 17.3 Å². The van der Waals surface area contributed by atoms with E-state index in [0.29, 0.717) is 5.82 Å². The predicted octanol–water partition coefficient (Wildman–Crippen LogP) is 3.33. The molecule has 2 rings (SSSR count). The van der Waals surface area contributed by atoms with Crippen molar-refractivity contribution in [2.24, 2.45) is 5.84 Å². The van der Waals surface area contributed by atoms with Crippen molar-refractivity contribution in [2.75, 3.05) is 10.7 Å². The molecular weight excluding hydrogens is 262 g/mol. The Labute approximate surface area is 126 Å². The lowest BCUT2D eigenvalue weighted by Crippen LogP contribution is -2.14. The van der Waals surface area contributed by atoms with Crippen molar-refractivity contribution in [1.82, 2.24) is 9.97 Å². The van der Waals surface area contributed by atoms with Gasteiger partial charge in [-0.05, 0) is 25.0 Å². The van der Waals surface area contributed by atoms with Crippen molar-refractivity contribution < 1.29 is 0 Å². The molecule has 0 amide bonds. The van der Waals surface area contributed by atoms with Crippen molar-refractivity contribution >= 4 is 17.3 Å². The van der Waals surface area contributed by atoms with Gasteiger partial charge < -0.3 is 10.7 Å². The van der Waals surface area contributed by atoms with Crippen molar-refractivity contribution in [3.05, 3.63) is 41.2 Å². The van der Waals surface area contributed by atoms with E-state index in [9.17, 15) is 0 Å². The predicted molar refractivity (Wildman–Crippen MR) is 87.7 cm³/mol. The number of aryl methyl sites for hydroxylation is 2. The number of anilines is 3. The van der Waals surface area contributed by atoms with Crippen molar-refractivity contribution in [3.63, 3.8) is 0 Å². The highest BCUT2D eigenvalue weighted by Gasteiger charge is 2.11. The van der Waals surface area contributed by atoms with E-state index in [1.54, 1.807) is 0 Å². The van der Waals surface area contributed by atoms with Gasteiger partial charge in [-0.25, -0.2) is 15.8 Å². The van der Waals surface area contributed by atoms with Crippen LogP contribution in [-0.4, -0.2) is 9.97 Å². The normalized spacial score (nSPS) is 10.5. The molecule has 0 saturated carbocycles. The third-order valence-corrected chi connectivity index (χ3v) is 3.43. The Morgan fingerprint density at radius 3 is 2.48 bits per heavy atom. The minimum atomic E-state index is 0.664. The minimum Gasteiger partial charge on any atom is -0.340 e. The number of rotatable bonds is 6. The van der Waals surface area contributed by atoms with E-state index in [1.807, 2.05) is 19.9 Å². The molecule has 1 aromatic carbocycles. The first kappa shape index (κ1) is 15.3. The number of hydrogen-bond donors (Lipinski definition) is 3.